The fourth-order valence-electron chi connectivity index (χ4n) is 4.43. The largest absolute Gasteiger partial charge is 0.416 e. The normalized spacial score (nSPS) is 15.0. The van der Waals surface area contributed by atoms with Crippen LogP contribution >= 0.6 is 0 Å². The number of aldehydes is 1. The van der Waals surface area contributed by atoms with E-state index in [9.17, 15) is 35.2 Å². The van der Waals surface area contributed by atoms with Crippen LogP contribution < -0.4 is 4.72 Å². The number of rotatable bonds is 10. The Morgan fingerprint density at radius 2 is 1.67 bits per heavy atom. The maximum atomic E-state index is 14.0. The first kappa shape index (κ1) is 27.5. The lowest BCUT2D eigenvalue weighted by atomic mass is 9.65. The lowest BCUT2D eigenvalue weighted by Crippen LogP contribution is -2.40. The molecule has 1 heterocycles. The van der Waals surface area contributed by atoms with Gasteiger partial charge < -0.3 is 4.79 Å². The second-order valence-corrected chi connectivity index (χ2v) is 10.4. The molecular formula is C25H25F5N2O3S. The van der Waals surface area contributed by atoms with Gasteiger partial charge in [-0.2, -0.15) is 13.2 Å². The molecule has 0 fully saturated rings. The second-order valence-electron chi connectivity index (χ2n) is 8.39. The van der Waals surface area contributed by atoms with Gasteiger partial charge in [0.05, 0.1) is 28.1 Å². The van der Waals surface area contributed by atoms with Gasteiger partial charge in [-0.1, -0.05) is 31.2 Å². The molecule has 0 aliphatic heterocycles. The minimum absolute atomic E-state index is 0.0736. The van der Waals surface area contributed by atoms with Crippen LogP contribution in [0.3, 0.4) is 0 Å². The van der Waals surface area contributed by atoms with Crippen LogP contribution in [0.25, 0.3) is 10.8 Å². The Kier molecular flexibility index (Phi) is 8.02. The second kappa shape index (κ2) is 10.5. The zero-order chi connectivity index (χ0) is 26.7. The molecule has 2 unspecified atom stereocenters. The van der Waals surface area contributed by atoms with Crippen LogP contribution in [0.15, 0.2) is 54.7 Å². The van der Waals surface area contributed by atoms with Crippen LogP contribution in [0.4, 0.5) is 27.6 Å². The number of hydrogen-bond donors (Lipinski definition) is 1. The van der Waals surface area contributed by atoms with Crippen LogP contribution in [-0.2, 0) is 26.4 Å². The molecule has 0 amide bonds. The number of pyridine rings is 1. The van der Waals surface area contributed by atoms with Gasteiger partial charge in [0.15, 0.2) is 0 Å². The average Bonchev–Trinajstić information content (AvgIpc) is 2.83. The maximum Gasteiger partial charge on any atom is 0.416 e. The summed E-state index contributed by atoms with van der Waals surface area (Å²) in [5.41, 5.74) is -2.25. The highest BCUT2D eigenvalue weighted by Crippen LogP contribution is 2.45. The van der Waals surface area contributed by atoms with Crippen molar-refractivity contribution in [2.24, 2.45) is 5.92 Å². The SMILES string of the molecule is CCC(C=O)C(CC(F)F)(c1ccc(C(F)(F)F)cc1)c1cc2cccc(NS(=O)(=O)CC)c2cn1. The van der Waals surface area contributed by atoms with Crippen LogP contribution in [0.5, 0.6) is 0 Å². The highest BCUT2D eigenvalue weighted by atomic mass is 32.2. The first-order valence-electron chi connectivity index (χ1n) is 11.2. The van der Waals surface area contributed by atoms with Crippen LogP contribution in [0.2, 0.25) is 0 Å². The van der Waals surface area contributed by atoms with E-state index < -0.39 is 45.9 Å². The van der Waals surface area contributed by atoms with Gasteiger partial charge in [0.25, 0.3) is 0 Å². The summed E-state index contributed by atoms with van der Waals surface area (Å²) in [4.78, 5) is 16.5. The lowest BCUT2D eigenvalue weighted by Gasteiger charge is -2.38. The van der Waals surface area contributed by atoms with Gasteiger partial charge in [-0.3, -0.25) is 9.71 Å². The number of alkyl halides is 5. The standard InChI is InChI=1S/C25H25F5N2O3S/c1-3-17(15-33)24(13-23(26)27,18-8-10-19(11-9-18)25(28,29)30)22-12-16-6-5-7-21(20(16)14-31-22)32-36(34,35)4-2/h5-12,14-15,17,23,32H,3-4,13H2,1-2H3. The van der Waals surface area contributed by atoms with Crippen molar-refractivity contribution in [3.8, 4) is 0 Å². The molecule has 3 rings (SSSR count). The molecule has 1 N–H and O–H groups in total. The zero-order valence-corrected chi connectivity index (χ0v) is 20.3. The van der Waals surface area contributed by atoms with E-state index >= 15 is 0 Å². The van der Waals surface area contributed by atoms with E-state index in [1.165, 1.54) is 25.3 Å². The third-order valence-corrected chi connectivity index (χ3v) is 7.60. The van der Waals surface area contributed by atoms with Crippen LogP contribution in [-0.4, -0.2) is 31.9 Å². The molecule has 36 heavy (non-hydrogen) atoms. The summed E-state index contributed by atoms with van der Waals surface area (Å²) in [5.74, 6) is -1.19. The Morgan fingerprint density at radius 3 is 2.19 bits per heavy atom. The van der Waals surface area contributed by atoms with E-state index in [0.717, 1.165) is 24.3 Å². The summed E-state index contributed by atoms with van der Waals surface area (Å²) in [5, 5.41) is 0.860. The van der Waals surface area contributed by atoms with E-state index in [1.807, 2.05) is 0 Å². The molecule has 2 atom stereocenters. The predicted molar refractivity (Wildman–Crippen MR) is 128 cm³/mol. The Balaban J connectivity index is 2.28. The maximum absolute atomic E-state index is 14.0. The Hall–Kier alpha value is -3.08. The fraction of sp³-hybridized carbons (Fsp3) is 0.360. The predicted octanol–water partition coefficient (Wildman–Crippen LogP) is 6.18. The molecule has 0 aliphatic carbocycles. The summed E-state index contributed by atoms with van der Waals surface area (Å²) in [7, 11) is -3.61. The smallest absolute Gasteiger partial charge is 0.303 e. The number of nitrogens with zero attached hydrogens (tertiary/aromatic N) is 1. The van der Waals surface area contributed by atoms with Gasteiger partial charge in [0.2, 0.25) is 16.4 Å². The van der Waals surface area contributed by atoms with Crippen molar-refractivity contribution >= 4 is 32.8 Å². The number of anilines is 1. The van der Waals surface area contributed by atoms with Crippen molar-refractivity contribution in [1.29, 1.82) is 0 Å². The van der Waals surface area contributed by atoms with E-state index in [-0.39, 0.29) is 29.1 Å². The molecular weight excluding hydrogens is 503 g/mol. The molecule has 2 aromatic carbocycles. The minimum atomic E-state index is -4.62. The molecule has 1 aromatic heterocycles. The van der Waals surface area contributed by atoms with Crippen molar-refractivity contribution < 1.29 is 35.2 Å². The van der Waals surface area contributed by atoms with Gasteiger partial charge in [-0.15, -0.1) is 0 Å². The molecule has 0 aliphatic rings. The number of benzene rings is 2. The van der Waals surface area contributed by atoms with Crippen molar-refractivity contribution in [1.82, 2.24) is 4.98 Å². The molecule has 0 spiro atoms. The van der Waals surface area contributed by atoms with Gasteiger partial charge in [-0.25, -0.2) is 17.2 Å². The average molecular weight is 529 g/mol. The summed E-state index contributed by atoms with van der Waals surface area (Å²) in [6.07, 6.45) is -6.40. The highest BCUT2D eigenvalue weighted by Gasteiger charge is 2.45. The first-order chi connectivity index (χ1) is 16.9. The number of fused-ring (bicyclic) bond motifs is 1. The number of sulfonamides is 1. The number of hydrogen-bond acceptors (Lipinski definition) is 4. The molecule has 0 bridgehead atoms. The molecule has 0 saturated heterocycles. The zero-order valence-electron chi connectivity index (χ0n) is 19.5. The van der Waals surface area contributed by atoms with Gasteiger partial charge >= 0.3 is 6.18 Å². The van der Waals surface area contributed by atoms with Crippen LogP contribution in [0, 0.1) is 5.92 Å². The summed E-state index contributed by atoms with van der Waals surface area (Å²) >= 11 is 0. The quantitative estimate of drug-likeness (QED) is 0.252. The fourth-order valence-corrected chi connectivity index (χ4v) is 5.09. The Morgan fingerprint density at radius 1 is 1.03 bits per heavy atom. The summed E-state index contributed by atoms with van der Waals surface area (Å²) in [6.45, 7) is 3.10. The third kappa shape index (κ3) is 5.50. The topological polar surface area (TPSA) is 76.1 Å². The number of aromatic nitrogens is 1. The Labute approximate surface area is 205 Å². The molecule has 3 aromatic rings. The van der Waals surface area contributed by atoms with Crippen molar-refractivity contribution in [3.63, 3.8) is 0 Å². The van der Waals surface area contributed by atoms with E-state index in [2.05, 4.69) is 9.71 Å². The van der Waals surface area contributed by atoms with Gasteiger partial charge in [0.1, 0.15) is 6.29 Å². The molecule has 194 valence electrons. The Bertz CT molecular complexity index is 1330. The van der Waals surface area contributed by atoms with Crippen molar-refractivity contribution in [2.45, 2.75) is 44.7 Å². The molecule has 5 nitrogen and oxygen atoms in total. The number of halogens is 5. The number of carbonyl (C=O) groups is 1. The van der Waals surface area contributed by atoms with E-state index in [4.69, 9.17) is 0 Å². The van der Waals surface area contributed by atoms with Crippen LogP contribution in [0.1, 0.15) is 43.5 Å². The van der Waals surface area contributed by atoms with E-state index in [0.29, 0.717) is 17.1 Å². The number of carbonyl (C=O) groups excluding carboxylic acids is 1. The van der Waals surface area contributed by atoms with Gasteiger partial charge in [-0.05, 0) is 48.6 Å². The van der Waals surface area contributed by atoms with E-state index in [1.54, 1.807) is 19.1 Å². The van der Waals surface area contributed by atoms with Crippen molar-refractivity contribution in [3.05, 3.63) is 71.5 Å². The lowest BCUT2D eigenvalue weighted by molar-refractivity contribution is -0.137. The molecule has 0 saturated carbocycles. The highest BCUT2D eigenvalue weighted by molar-refractivity contribution is 7.92. The van der Waals surface area contributed by atoms with Gasteiger partial charge in [0, 0.05) is 23.9 Å². The minimum Gasteiger partial charge on any atom is -0.303 e. The first-order valence-corrected chi connectivity index (χ1v) is 12.8. The summed E-state index contributed by atoms with van der Waals surface area (Å²) in [6, 6.07) is 10.0. The molecule has 0 radical (unpaired) electrons. The monoisotopic (exact) mass is 528 g/mol. The molecule has 11 heteroatoms. The number of nitrogens with one attached hydrogen (secondary N) is 1. The van der Waals surface area contributed by atoms with Crippen molar-refractivity contribution in [2.75, 3.05) is 10.5 Å². The summed E-state index contributed by atoms with van der Waals surface area (Å²) < 4.78 is 94.1. The third-order valence-electron chi connectivity index (χ3n) is 6.31.